The van der Waals surface area contributed by atoms with Crippen molar-refractivity contribution in [2.24, 2.45) is 0 Å². The SMILES string of the molecule is O=C1NC(=O)C(=Cc2cnn3c(NC4CC4)nc(-n4cnc(CN5CCCC5)c4)nc23)N1. The Morgan fingerprint density at radius 3 is 2.75 bits per heavy atom. The van der Waals surface area contributed by atoms with E-state index in [1.165, 1.54) is 12.8 Å². The van der Waals surface area contributed by atoms with Crippen LogP contribution >= 0.6 is 0 Å². The zero-order chi connectivity index (χ0) is 21.7. The fraction of sp³-hybridized carbons (Fsp3) is 0.400. The van der Waals surface area contributed by atoms with Gasteiger partial charge in [-0.05, 0) is 44.8 Å². The molecule has 5 heterocycles. The molecule has 2 aliphatic heterocycles. The molecule has 3 fully saturated rings. The molecular weight excluding hydrogens is 412 g/mol. The molecule has 3 aromatic heterocycles. The van der Waals surface area contributed by atoms with Crippen LogP contribution in [0.4, 0.5) is 10.7 Å². The van der Waals surface area contributed by atoms with Gasteiger partial charge in [-0.15, -0.1) is 0 Å². The van der Waals surface area contributed by atoms with Crippen molar-refractivity contribution in [3.8, 4) is 5.95 Å². The van der Waals surface area contributed by atoms with Gasteiger partial charge in [-0.3, -0.25) is 19.6 Å². The van der Waals surface area contributed by atoms with E-state index in [1.54, 1.807) is 27.7 Å². The first-order valence-electron chi connectivity index (χ1n) is 10.7. The van der Waals surface area contributed by atoms with Gasteiger partial charge in [-0.2, -0.15) is 19.6 Å². The smallest absolute Gasteiger partial charge is 0.326 e. The van der Waals surface area contributed by atoms with Crippen LogP contribution in [-0.2, 0) is 11.3 Å². The van der Waals surface area contributed by atoms with Crippen LogP contribution in [0, 0.1) is 0 Å². The molecule has 32 heavy (non-hydrogen) atoms. The molecule has 164 valence electrons. The summed E-state index contributed by atoms with van der Waals surface area (Å²) in [6.45, 7) is 3.01. The number of amides is 3. The molecule has 0 radical (unpaired) electrons. The van der Waals surface area contributed by atoms with E-state index < -0.39 is 11.9 Å². The molecule has 1 aliphatic carbocycles. The number of hydrogen-bond donors (Lipinski definition) is 3. The Morgan fingerprint density at radius 2 is 2.00 bits per heavy atom. The lowest BCUT2D eigenvalue weighted by atomic mass is 10.2. The highest BCUT2D eigenvalue weighted by Crippen LogP contribution is 2.25. The molecule has 3 aliphatic rings. The highest BCUT2D eigenvalue weighted by molar-refractivity contribution is 6.14. The largest absolute Gasteiger partial charge is 0.351 e. The van der Waals surface area contributed by atoms with Crippen LogP contribution in [0.1, 0.15) is 36.9 Å². The van der Waals surface area contributed by atoms with Crippen molar-refractivity contribution in [3.05, 3.63) is 35.7 Å². The predicted molar refractivity (Wildman–Crippen MR) is 114 cm³/mol. The first-order chi connectivity index (χ1) is 15.6. The topological polar surface area (TPSA) is 134 Å². The second-order valence-electron chi connectivity index (χ2n) is 8.32. The number of urea groups is 1. The van der Waals surface area contributed by atoms with Crippen LogP contribution in [0.3, 0.4) is 0 Å². The van der Waals surface area contributed by atoms with Gasteiger partial charge in [0.25, 0.3) is 5.91 Å². The van der Waals surface area contributed by atoms with Crippen LogP contribution in [0.5, 0.6) is 0 Å². The molecule has 12 heteroatoms. The third-order valence-corrected chi connectivity index (χ3v) is 5.77. The summed E-state index contributed by atoms with van der Waals surface area (Å²) in [7, 11) is 0. The van der Waals surface area contributed by atoms with E-state index in [9.17, 15) is 9.59 Å². The highest BCUT2D eigenvalue weighted by Gasteiger charge is 2.26. The maximum Gasteiger partial charge on any atom is 0.326 e. The number of carbonyl (C=O) groups is 2. The Hall–Kier alpha value is -3.80. The lowest BCUT2D eigenvalue weighted by molar-refractivity contribution is -0.115. The van der Waals surface area contributed by atoms with Gasteiger partial charge >= 0.3 is 6.03 Å². The second kappa shape index (κ2) is 7.41. The van der Waals surface area contributed by atoms with Crippen LogP contribution in [-0.4, -0.2) is 65.1 Å². The molecule has 0 spiro atoms. The van der Waals surface area contributed by atoms with Crippen molar-refractivity contribution in [1.82, 2.24) is 44.7 Å². The summed E-state index contributed by atoms with van der Waals surface area (Å²) in [4.78, 5) is 39.7. The molecule has 3 N–H and O–H groups in total. The summed E-state index contributed by atoms with van der Waals surface area (Å²) >= 11 is 0. The maximum absolute atomic E-state index is 11.9. The molecule has 0 atom stereocenters. The molecule has 2 saturated heterocycles. The number of rotatable bonds is 6. The van der Waals surface area contributed by atoms with Gasteiger partial charge in [0.1, 0.15) is 12.0 Å². The van der Waals surface area contributed by atoms with Gasteiger partial charge in [0.15, 0.2) is 5.65 Å². The quantitative estimate of drug-likeness (QED) is 0.381. The molecule has 0 unspecified atom stereocenters. The molecule has 12 nitrogen and oxygen atoms in total. The van der Waals surface area contributed by atoms with Crippen molar-refractivity contribution in [2.75, 3.05) is 18.4 Å². The normalized spacial score (nSPS) is 20.3. The average molecular weight is 434 g/mol. The molecule has 0 bridgehead atoms. The van der Waals surface area contributed by atoms with Crippen molar-refractivity contribution in [1.29, 1.82) is 0 Å². The second-order valence-corrected chi connectivity index (χ2v) is 8.32. The van der Waals surface area contributed by atoms with Gasteiger partial charge in [0, 0.05) is 24.3 Å². The Balaban J connectivity index is 1.38. The number of anilines is 1. The first-order valence-corrected chi connectivity index (χ1v) is 10.7. The predicted octanol–water partition coefficient (Wildman–Crippen LogP) is 0.660. The number of hydrogen-bond acceptors (Lipinski definition) is 8. The third kappa shape index (κ3) is 3.58. The van der Waals surface area contributed by atoms with Crippen molar-refractivity contribution >= 4 is 29.6 Å². The van der Waals surface area contributed by atoms with Crippen molar-refractivity contribution in [3.63, 3.8) is 0 Å². The zero-order valence-electron chi connectivity index (χ0n) is 17.3. The summed E-state index contributed by atoms with van der Waals surface area (Å²) in [5, 5.41) is 12.5. The van der Waals surface area contributed by atoms with Gasteiger partial charge in [-0.1, -0.05) is 0 Å². The van der Waals surface area contributed by atoms with E-state index in [4.69, 9.17) is 4.98 Å². The molecule has 3 amide bonds. The van der Waals surface area contributed by atoms with Crippen molar-refractivity contribution in [2.45, 2.75) is 38.3 Å². The lowest BCUT2D eigenvalue weighted by Crippen LogP contribution is -2.22. The van der Waals surface area contributed by atoms with Crippen LogP contribution in [0.2, 0.25) is 0 Å². The minimum Gasteiger partial charge on any atom is -0.351 e. The minimum absolute atomic E-state index is 0.150. The van der Waals surface area contributed by atoms with E-state index in [0.717, 1.165) is 38.2 Å². The number of nitrogens with one attached hydrogen (secondary N) is 3. The first kappa shape index (κ1) is 18.9. The summed E-state index contributed by atoms with van der Waals surface area (Å²) in [5.41, 5.74) is 2.23. The van der Waals surface area contributed by atoms with E-state index in [1.807, 2.05) is 6.20 Å². The minimum atomic E-state index is -0.548. The standard InChI is InChI=1S/C20H22N10O2/c31-17-15(24-20(32)26-17)7-12-8-22-30-16(12)25-18(27-19(30)23-13-3-4-13)29-10-14(21-11-29)9-28-5-1-2-6-28/h7-8,10-11,13H,1-6,9H2,(H,23,25,27)(H2,24,26,31,32). The van der Waals surface area contributed by atoms with Crippen LogP contribution < -0.4 is 16.0 Å². The molecular formula is C20H22N10O2. The summed E-state index contributed by atoms with van der Waals surface area (Å²) in [5.74, 6) is 0.550. The number of imidazole rings is 1. The number of carbonyl (C=O) groups excluding carboxylic acids is 2. The number of imide groups is 1. The molecule has 6 rings (SSSR count). The van der Waals surface area contributed by atoms with Gasteiger partial charge in [0.05, 0.1) is 11.9 Å². The average Bonchev–Trinajstić information content (AvgIpc) is 3.17. The summed E-state index contributed by atoms with van der Waals surface area (Å²) < 4.78 is 3.42. The molecule has 3 aromatic rings. The monoisotopic (exact) mass is 434 g/mol. The highest BCUT2D eigenvalue weighted by atomic mass is 16.2. The number of fused-ring (bicyclic) bond motifs is 1. The molecule has 1 saturated carbocycles. The lowest BCUT2D eigenvalue weighted by Gasteiger charge is -2.11. The number of likely N-dealkylation sites (tertiary alicyclic amines) is 1. The van der Waals surface area contributed by atoms with E-state index in [0.29, 0.717) is 29.1 Å². The Labute approximate surface area is 182 Å². The Morgan fingerprint density at radius 1 is 1.16 bits per heavy atom. The van der Waals surface area contributed by atoms with E-state index in [-0.39, 0.29) is 5.70 Å². The van der Waals surface area contributed by atoms with Crippen LogP contribution in [0.15, 0.2) is 24.4 Å². The van der Waals surface area contributed by atoms with Crippen LogP contribution in [0.25, 0.3) is 17.7 Å². The maximum atomic E-state index is 11.9. The third-order valence-electron chi connectivity index (χ3n) is 5.77. The zero-order valence-corrected chi connectivity index (χ0v) is 17.3. The summed E-state index contributed by atoms with van der Waals surface area (Å²) in [6, 6.07) is -0.187. The van der Waals surface area contributed by atoms with Crippen molar-refractivity contribution < 1.29 is 9.59 Å². The van der Waals surface area contributed by atoms with Gasteiger partial charge in [-0.25, -0.2) is 9.78 Å². The number of aromatic nitrogens is 6. The van der Waals surface area contributed by atoms with Gasteiger partial charge in [0.2, 0.25) is 11.9 Å². The fourth-order valence-corrected chi connectivity index (χ4v) is 3.97. The van der Waals surface area contributed by atoms with E-state index in [2.05, 4.69) is 35.9 Å². The van der Waals surface area contributed by atoms with E-state index >= 15 is 0 Å². The summed E-state index contributed by atoms with van der Waals surface area (Å²) in [6.07, 6.45) is 11.5. The number of nitrogens with zero attached hydrogens (tertiary/aromatic N) is 7. The molecule has 0 aromatic carbocycles. The van der Waals surface area contributed by atoms with Gasteiger partial charge < -0.3 is 10.6 Å². The Bertz CT molecular complexity index is 1250. The Kier molecular flexibility index (Phi) is 4.38. The fourth-order valence-electron chi connectivity index (χ4n) is 3.97.